The summed E-state index contributed by atoms with van der Waals surface area (Å²) in [6.45, 7) is 4.20. The first-order chi connectivity index (χ1) is 20.1. The van der Waals surface area contributed by atoms with Gasteiger partial charge in [-0.2, -0.15) is 18.4 Å². The second-order valence-corrected chi connectivity index (χ2v) is 9.09. The third kappa shape index (κ3) is 8.39. The van der Waals surface area contributed by atoms with E-state index in [1.165, 1.54) is 18.1 Å². The van der Waals surface area contributed by atoms with Gasteiger partial charge in [-0.1, -0.05) is 24.3 Å². The first-order valence-corrected chi connectivity index (χ1v) is 13.2. The van der Waals surface area contributed by atoms with E-state index in [4.69, 9.17) is 14.2 Å². The Kier molecular flexibility index (Phi) is 11.2. The van der Waals surface area contributed by atoms with Crippen LogP contribution in [0.15, 0.2) is 65.7 Å². The molecule has 0 fully saturated rings. The van der Waals surface area contributed by atoms with Gasteiger partial charge in [0.05, 0.1) is 45.9 Å². The van der Waals surface area contributed by atoms with Gasteiger partial charge < -0.3 is 19.5 Å². The molecule has 42 heavy (non-hydrogen) atoms. The van der Waals surface area contributed by atoms with Gasteiger partial charge in [-0.15, -0.1) is 0 Å². The van der Waals surface area contributed by atoms with Crippen LogP contribution in [-0.4, -0.2) is 44.2 Å². The zero-order valence-corrected chi connectivity index (χ0v) is 23.9. The van der Waals surface area contributed by atoms with Crippen LogP contribution in [0.2, 0.25) is 0 Å². The average Bonchev–Trinajstić information content (AvgIpc) is 2.98. The summed E-state index contributed by atoms with van der Waals surface area (Å²) in [6, 6.07) is 15.6. The number of nitrogens with zero attached hydrogens (tertiary/aromatic N) is 3. The van der Waals surface area contributed by atoms with E-state index in [2.05, 4.69) is 16.5 Å². The highest BCUT2D eigenvalue weighted by Gasteiger charge is 2.32. The molecule has 0 radical (unpaired) electrons. The second kappa shape index (κ2) is 14.8. The number of carbonyl (C=O) groups excluding carboxylic acids is 1. The number of ether oxygens (including phenoxy) is 3. The van der Waals surface area contributed by atoms with E-state index in [1.807, 2.05) is 19.1 Å². The number of hydrogen-bond acceptors (Lipinski definition) is 6. The lowest BCUT2D eigenvalue weighted by Crippen LogP contribution is -2.38. The molecular weight excluding hydrogens is 549 g/mol. The van der Waals surface area contributed by atoms with Crippen LogP contribution in [0, 0.1) is 11.5 Å². The highest BCUT2D eigenvalue weighted by Crippen LogP contribution is 2.38. The molecule has 0 atom stereocenters. The molecule has 0 aliphatic heterocycles. The van der Waals surface area contributed by atoms with Gasteiger partial charge in [0.1, 0.15) is 11.5 Å². The maximum atomic E-state index is 13.8. The molecule has 0 amide bonds. The molecule has 0 aromatic heterocycles. The molecule has 0 unspecified atom stereocenters. The lowest BCUT2D eigenvalue weighted by molar-refractivity contribution is -0.142. The van der Waals surface area contributed by atoms with E-state index in [-0.39, 0.29) is 37.6 Å². The van der Waals surface area contributed by atoms with Crippen LogP contribution >= 0.6 is 0 Å². The summed E-state index contributed by atoms with van der Waals surface area (Å²) < 4.78 is 57.1. The van der Waals surface area contributed by atoms with Crippen LogP contribution in [0.5, 0.6) is 11.5 Å². The van der Waals surface area contributed by atoms with Crippen LogP contribution in [-0.2, 0) is 35.2 Å². The van der Waals surface area contributed by atoms with E-state index in [9.17, 15) is 23.2 Å². The lowest BCUT2D eigenvalue weighted by atomic mass is 9.94. The number of benzene rings is 3. The maximum absolute atomic E-state index is 13.8. The monoisotopic (exact) mass is 582 g/mol. The van der Waals surface area contributed by atoms with Gasteiger partial charge in [-0.25, -0.2) is 9.89 Å². The number of aliphatic imine (C=N–C) groups is 1. The highest BCUT2D eigenvalue weighted by atomic mass is 19.4. The van der Waals surface area contributed by atoms with E-state index in [1.54, 1.807) is 44.4 Å². The number of rotatable bonds is 11. The SMILES string of the molecule is CCNC(=NCc1ccc(OC)cc1)N(C#N)Cc1cc(C(F)(F)F)ccc1-c1cc(CC(=O)OCC)ccc1OC. The quantitative estimate of drug-likeness (QED) is 0.0982. The van der Waals surface area contributed by atoms with Crippen LogP contribution in [0.4, 0.5) is 13.2 Å². The third-order valence-electron chi connectivity index (χ3n) is 6.25. The van der Waals surface area contributed by atoms with Crippen LogP contribution in [0.3, 0.4) is 0 Å². The van der Waals surface area contributed by atoms with Gasteiger partial charge in [0.2, 0.25) is 5.96 Å². The summed E-state index contributed by atoms with van der Waals surface area (Å²) in [6.07, 6.45) is -2.57. The highest BCUT2D eigenvalue weighted by molar-refractivity contribution is 5.82. The van der Waals surface area contributed by atoms with Gasteiger partial charge >= 0.3 is 12.1 Å². The first-order valence-electron chi connectivity index (χ1n) is 13.2. The van der Waals surface area contributed by atoms with E-state index < -0.39 is 17.7 Å². The Hall–Kier alpha value is -4.72. The van der Waals surface area contributed by atoms with Crippen molar-refractivity contribution >= 4 is 11.9 Å². The van der Waals surface area contributed by atoms with Crippen molar-refractivity contribution in [1.29, 1.82) is 5.26 Å². The maximum Gasteiger partial charge on any atom is 0.416 e. The molecule has 0 heterocycles. The van der Waals surface area contributed by atoms with Crippen molar-refractivity contribution in [2.24, 2.45) is 4.99 Å². The van der Waals surface area contributed by atoms with E-state index >= 15 is 0 Å². The topological polar surface area (TPSA) is 96.2 Å². The van der Waals surface area contributed by atoms with Crippen molar-refractivity contribution in [2.45, 2.75) is 39.5 Å². The predicted molar refractivity (Wildman–Crippen MR) is 153 cm³/mol. The minimum atomic E-state index is -4.60. The predicted octanol–water partition coefficient (Wildman–Crippen LogP) is 5.94. The number of hydrogen-bond donors (Lipinski definition) is 1. The van der Waals surface area contributed by atoms with Gasteiger partial charge in [-0.3, -0.25) is 4.79 Å². The largest absolute Gasteiger partial charge is 0.497 e. The molecule has 3 aromatic rings. The molecule has 0 spiro atoms. The number of guanidine groups is 1. The first kappa shape index (κ1) is 31.8. The normalized spacial score (nSPS) is 11.4. The Morgan fingerprint density at radius 3 is 2.29 bits per heavy atom. The van der Waals surface area contributed by atoms with Crippen LogP contribution in [0.1, 0.15) is 36.1 Å². The van der Waals surface area contributed by atoms with Crippen molar-refractivity contribution in [2.75, 3.05) is 27.4 Å². The molecule has 1 N–H and O–H groups in total. The third-order valence-corrected chi connectivity index (χ3v) is 6.25. The fourth-order valence-corrected chi connectivity index (χ4v) is 4.24. The van der Waals surface area contributed by atoms with Crippen molar-refractivity contribution in [1.82, 2.24) is 10.2 Å². The van der Waals surface area contributed by atoms with Crippen molar-refractivity contribution in [3.63, 3.8) is 0 Å². The number of esters is 1. The lowest BCUT2D eigenvalue weighted by Gasteiger charge is -2.22. The van der Waals surface area contributed by atoms with Gasteiger partial charge in [-0.05, 0) is 72.5 Å². The van der Waals surface area contributed by atoms with E-state index in [0.29, 0.717) is 34.7 Å². The number of nitriles is 1. The fourth-order valence-electron chi connectivity index (χ4n) is 4.24. The summed E-state index contributed by atoms with van der Waals surface area (Å²) in [5.74, 6) is 0.863. The average molecular weight is 583 g/mol. The van der Waals surface area contributed by atoms with Crippen molar-refractivity contribution < 1.29 is 32.2 Å². The summed E-state index contributed by atoms with van der Waals surface area (Å²) in [4.78, 5) is 17.9. The smallest absolute Gasteiger partial charge is 0.416 e. The number of alkyl halides is 3. The summed E-state index contributed by atoms with van der Waals surface area (Å²) in [7, 11) is 3.01. The number of halogens is 3. The molecule has 0 saturated carbocycles. The van der Waals surface area contributed by atoms with Gasteiger partial charge in [0, 0.05) is 12.1 Å². The fraction of sp³-hybridized carbons (Fsp3) is 0.323. The number of nitrogens with one attached hydrogen (secondary N) is 1. The Bertz CT molecular complexity index is 1430. The Morgan fingerprint density at radius 2 is 1.69 bits per heavy atom. The number of methoxy groups -OCH3 is 2. The molecule has 11 heteroatoms. The van der Waals surface area contributed by atoms with Crippen LogP contribution < -0.4 is 14.8 Å². The summed E-state index contributed by atoms with van der Waals surface area (Å²) in [5, 5.41) is 13.1. The summed E-state index contributed by atoms with van der Waals surface area (Å²) in [5.41, 5.74) is 1.69. The Labute approximate surface area is 243 Å². The molecule has 3 rings (SSSR count). The zero-order chi connectivity index (χ0) is 30.7. The molecule has 3 aromatic carbocycles. The Balaban J connectivity index is 2.06. The molecule has 0 saturated heterocycles. The molecule has 0 aliphatic rings. The van der Waals surface area contributed by atoms with Gasteiger partial charge in [0.15, 0.2) is 6.19 Å². The second-order valence-electron chi connectivity index (χ2n) is 9.09. The van der Waals surface area contributed by atoms with E-state index in [0.717, 1.165) is 17.7 Å². The molecular formula is C31H33F3N4O4. The van der Waals surface area contributed by atoms with Crippen molar-refractivity contribution in [3.8, 4) is 28.8 Å². The zero-order valence-electron chi connectivity index (χ0n) is 23.9. The van der Waals surface area contributed by atoms with Gasteiger partial charge in [0.25, 0.3) is 0 Å². The molecule has 222 valence electrons. The summed E-state index contributed by atoms with van der Waals surface area (Å²) >= 11 is 0. The van der Waals surface area contributed by atoms with Crippen LogP contribution in [0.25, 0.3) is 11.1 Å². The van der Waals surface area contributed by atoms with Crippen molar-refractivity contribution in [3.05, 3.63) is 82.9 Å². The standard InChI is InChI=1S/C31H33F3N4O4/c1-5-36-30(37-18-21-7-11-25(40-3)12-8-21)38(20-35)19-23-17-24(31(32,33)34)10-13-26(23)27-15-22(9-14-28(27)41-4)16-29(39)42-6-2/h7-15,17H,5-6,16,18-19H2,1-4H3,(H,36,37). The minimum absolute atomic E-state index is 0.0201. The molecule has 0 aliphatic carbocycles. The Morgan fingerprint density at radius 1 is 0.976 bits per heavy atom. The molecule has 0 bridgehead atoms. The molecule has 8 nitrogen and oxygen atoms in total. The minimum Gasteiger partial charge on any atom is -0.497 e. The number of carbonyl (C=O) groups is 1.